The molecule has 0 saturated carbocycles. The average molecular weight is 372 g/mol. The Kier molecular flexibility index (Phi) is 5.68. The molecule has 1 atom stereocenters. The van der Waals surface area contributed by atoms with E-state index in [1.165, 1.54) is 12.1 Å². The molecule has 4 nitrogen and oxygen atoms in total. The first-order chi connectivity index (χ1) is 10.8. The van der Waals surface area contributed by atoms with Crippen molar-refractivity contribution in [1.29, 1.82) is 0 Å². The summed E-state index contributed by atoms with van der Waals surface area (Å²) in [4.78, 5) is 11.6. The van der Waals surface area contributed by atoms with Gasteiger partial charge in [0.15, 0.2) is 9.84 Å². The number of hydrogen-bond acceptors (Lipinski definition) is 4. The van der Waals surface area contributed by atoms with Crippen LogP contribution in [0.5, 0.6) is 0 Å². The smallest absolute Gasteiger partial charge is 0.175 e. The van der Waals surface area contributed by atoms with E-state index in [4.69, 9.17) is 23.2 Å². The number of hydrogen-bond donors (Lipinski definition) is 1. The monoisotopic (exact) mass is 371 g/mol. The number of sulfone groups is 1. The molecule has 1 N–H and O–H groups in total. The van der Waals surface area contributed by atoms with Crippen LogP contribution in [-0.2, 0) is 14.6 Å². The highest BCUT2D eigenvalue weighted by Gasteiger charge is 2.13. The zero-order chi connectivity index (χ0) is 17.0. The van der Waals surface area contributed by atoms with Gasteiger partial charge < -0.3 is 10.1 Å². The van der Waals surface area contributed by atoms with Gasteiger partial charge in [-0.1, -0.05) is 35.3 Å². The Morgan fingerprint density at radius 1 is 1.13 bits per heavy atom. The predicted octanol–water partition coefficient (Wildman–Crippen LogP) is 3.79. The highest BCUT2D eigenvalue weighted by atomic mass is 35.5. The number of rotatable bonds is 6. The van der Waals surface area contributed by atoms with Gasteiger partial charge in [0.25, 0.3) is 0 Å². The van der Waals surface area contributed by atoms with Crippen molar-refractivity contribution in [3.63, 3.8) is 0 Å². The van der Waals surface area contributed by atoms with E-state index in [-0.39, 0.29) is 4.90 Å². The summed E-state index contributed by atoms with van der Waals surface area (Å²) in [6.07, 6.45) is 1.96. The molecule has 0 bridgehead atoms. The fourth-order valence-corrected chi connectivity index (χ4v) is 3.03. The molecule has 0 amide bonds. The second-order valence-corrected chi connectivity index (χ2v) is 7.93. The van der Waals surface area contributed by atoms with E-state index in [0.717, 1.165) is 18.1 Å². The lowest BCUT2D eigenvalue weighted by Crippen LogP contribution is -2.14. The number of halogens is 2. The number of anilines is 1. The molecule has 7 heteroatoms. The van der Waals surface area contributed by atoms with Crippen LogP contribution < -0.4 is 5.32 Å². The van der Waals surface area contributed by atoms with Crippen molar-refractivity contribution in [3.05, 3.63) is 58.1 Å². The first-order valence-electron chi connectivity index (χ1n) is 6.75. The Labute approximate surface area is 145 Å². The van der Waals surface area contributed by atoms with Crippen LogP contribution in [0.1, 0.15) is 11.5 Å². The van der Waals surface area contributed by atoms with Gasteiger partial charge in [-0.3, -0.25) is 0 Å². The molecule has 0 aliphatic rings. The molecule has 0 aliphatic carbocycles. The van der Waals surface area contributed by atoms with Gasteiger partial charge in [-0.2, -0.15) is 0 Å². The summed E-state index contributed by atoms with van der Waals surface area (Å²) in [6.45, 7) is 0.314. The van der Waals surface area contributed by atoms with Crippen molar-refractivity contribution < 1.29 is 13.2 Å². The van der Waals surface area contributed by atoms with Gasteiger partial charge in [0.1, 0.15) is 6.29 Å². The average Bonchev–Trinajstić information content (AvgIpc) is 2.51. The maximum Gasteiger partial charge on any atom is 0.175 e. The maximum atomic E-state index is 11.6. The minimum atomic E-state index is -3.27. The highest BCUT2D eigenvalue weighted by Crippen LogP contribution is 2.26. The number of carbonyl (C=O) groups is 1. The van der Waals surface area contributed by atoms with Crippen LogP contribution in [-0.4, -0.2) is 27.5 Å². The molecule has 0 saturated heterocycles. The molecule has 0 radical (unpaired) electrons. The maximum absolute atomic E-state index is 11.6. The summed E-state index contributed by atoms with van der Waals surface area (Å²) < 4.78 is 23.1. The lowest BCUT2D eigenvalue weighted by Gasteiger charge is -2.14. The molecular weight excluding hydrogens is 357 g/mol. The minimum absolute atomic E-state index is 0.222. The molecule has 0 heterocycles. The Balaban J connectivity index is 2.15. The van der Waals surface area contributed by atoms with Crippen LogP contribution >= 0.6 is 23.2 Å². The summed E-state index contributed by atoms with van der Waals surface area (Å²) in [7, 11) is -3.27. The van der Waals surface area contributed by atoms with Crippen molar-refractivity contribution >= 4 is 45.0 Å². The fraction of sp³-hybridized carbons (Fsp3) is 0.188. The van der Waals surface area contributed by atoms with Crippen LogP contribution in [0.4, 0.5) is 5.69 Å². The standard InChI is InChI=1S/C16H15Cl2NO3S/c1-23(21,22)14-4-2-3-13(8-14)19-9-12(10-20)11-5-6-15(17)16(18)7-11/h2-8,10,12,19H,9H2,1H3. The van der Waals surface area contributed by atoms with E-state index in [1.807, 2.05) is 0 Å². The van der Waals surface area contributed by atoms with Gasteiger partial charge in [0.05, 0.1) is 20.9 Å². The first kappa shape index (κ1) is 17.8. The molecular formula is C16H15Cl2NO3S. The molecule has 0 aromatic heterocycles. The normalized spacial score (nSPS) is 12.7. The van der Waals surface area contributed by atoms with Crippen LogP contribution in [0.25, 0.3) is 0 Å². The van der Waals surface area contributed by atoms with E-state index in [1.54, 1.807) is 30.3 Å². The van der Waals surface area contributed by atoms with Crippen molar-refractivity contribution in [2.75, 3.05) is 18.1 Å². The zero-order valence-corrected chi connectivity index (χ0v) is 14.6. The van der Waals surface area contributed by atoms with E-state index in [2.05, 4.69) is 5.32 Å². The van der Waals surface area contributed by atoms with Crippen molar-refractivity contribution in [1.82, 2.24) is 0 Å². The Morgan fingerprint density at radius 2 is 1.87 bits per heavy atom. The SMILES string of the molecule is CS(=O)(=O)c1cccc(NCC(C=O)c2ccc(Cl)c(Cl)c2)c1. The third kappa shape index (κ3) is 4.70. The molecule has 0 spiro atoms. The number of carbonyl (C=O) groups excluding carboxylic acids is 1. The van der Waals surface area contributed by atoms with Crippen molar-refractivity contribution in [3.8, 4) is 0 Å². The van der Waals surface area contributed by atoms with Crippen LogP contribution in [0.3, 0.4) is 0 Å². The van der Waals surface area contributed by atoms with Crippen LogP contribution in [0, 0.1) is 0 Å². The molecule has 2 aromatic rings. The molecule has 2 rings (SSSR count). The van der Waals surface area contributed by atoms with Gasteiger partial charge in [0, 0.05) is 18.5 Å². The van der Waals surface area contributed by atoms with E-state index < -0.39 is 15.8 Å². The van der Waals surface area contributed by atoms with E-state index >= 15 is 0 Å². The molecule has 0 aliphatic heterocycles. The first-order valence-corrected chi connectivity index (χ1v) is 9.40. The molecule has 2 aromatic carbocycles. The van der Waals surface area contributed by atoms with Gasteiger partial charge in [0.2, 0.25) is 0 Å². The minimum Gasteiger partial charge on any atom is -0.384 e. The number of nitrogens with one attached hydrogen (secondary N) is 1. The summed E-state index contributed by atoms with van der Waals surface area (Å²) in [6, 6.07) is 11.5. The Hall–Kier alpha value is -1.56. The fourth-order valence-electron chi connectivity index (χ4n) is 2.05. The van der Waals surface area contributed by atoms with Crippen LogP contribution in [0.15, 0.2) is 47.4 Å². The lowest BCUT2D eigenvalue weighted by atomic mass is 10.0. The van der Waals surface area contributed by atoms with Gasteiger partial charge in [-0.25, -0.2) is 8.42 Å². The van der Waals surface area contributed by atoms with E-state index in [0.29, 0.717) is 22.3 Å². The second-order valence-electron chi connectivity index (χ2n) is 5.10. The van der Waals surface area contributed by atoms with Gasteiger partial charge in [-0.05, 0) is 35.9 Å². The number of aldehydes is 1. The third-order valence-electron chi connectivity index (χ3n) is 3.32. The molecule has 0 fully saturated rings. The third-order valence-corrected chi connectivity index (χ3v) is 5.17. The Morgan fingerprint density at radius 3 is 2.48 bits per heavy atom. The van der Waals surface area contributed by atoms with Crippen molar-refractivity contribution in [2.24, 2.45) is 0 Å². The Bertz CT molecular complexity index is 822. The summed E-state index contributed by atoms with van der Waals surface area (Å²) in [5.41, 5.74) is 1.36. The topological polar surface area (TPSA) is 63.2 Å². The zero-order valence-electron chi connectivity index (χ0n) is 12.3. The number of benzene rings is 2. The summed E-state index contributed by atoms with van der Waals surface area (Å²) >= 11 is 11.8. The molecule has 1 unspecified atom stereocenters. The molecule has 122 valence electrons. The van der Waals surface area contributed by atoms with Crippen LogP contribution in [0.2, 0.25) is 10.0 Å². The summed E-state index contributed by atoms with van der Waals surface area (Å²) in [5, 5.41) is 3.88. The van der Waals surface area contributed by atoms with Crippen molar-refractivity contribution in [2.45, 2.75) is 10.8 Å². The van der Waals surface area contributed by atoms with Gasteiger partial charge >= 0.3 is 0 Å². The van der Waals surface area contributed by atoms with Gasteiger partial charge in [-0.15, -0.1) is 0 Å². The second kappa shape index (κ2) is 7.34. The predicted molar refractivity (Wildman–Crippen MR) is 93.3 cm³/mol. The summed E-state index contributed by atoms with van der Waals surface area (Å²) in [5.74, 6) is -0.424. The van der Waals surface area contributed by atoms with E-state index in [9.17, 15) is 13.2 Å². The lowest BCUT2D eigenvalue weighted by molar-refractivity contribution is -0.108. The quantitative estimate of drug-likeness (QED) is 0.784. The largest absolute Gasteiger partial charge is 0.384 e. The molecule has 23 heavy (non-hydrogen) atoms. The highest BCUT2D eigenvalue weighted by molar-refractivity contribution is 7.90.